The Morgan fingerprint density at radius 1 is 0.708 bits per heavy atom. The molecule has 4 aliphatic carbocycles. The molecule has 10 nitrogen and oxygen atoms in total. The van der Waals surface area contributed by atoms with Crippen LogP contribution in [0.2, 0.25) is 0 Å². The molecule has 48 heavy (non-hydrogen) atoms. The van der Waals surface area contributed by atoms with Crippen LogP contribution >= 0.6 is 0 Å². The summed E-state index contributed by atoms with van der Waals surface area (Å²) in [7, 11) is 0. The third kappa shape index (κ3) is 3.15. The first-order valence-corrected chi connectivity index (χ1v) is 17.5. The number of rotatable bonds is 5. The smallest absolute Gasteiger partial charge is 0.166 e. The van der Waals surface area contributed by atoms with E-state index in [2.05, 4.69) is 23.0 Å². The summed E-state index contributed by atoms with van der Waals surface area (Å²) in [6, 6.07) is 7.18. The quantitative estimate of drug-likeness (QED) is 0.287. The minimum Gasteiger partial charge on any atom is -0.504 e. The zero-order chi connectivity index (χ0) is 32.8. The fraction of sp³-hybridized carbons (Fsp3) is 0.526. The van der Waals surface area contributed by atoms with Gasteiger partial charge in [-0.3, -0.25) is 9.80 Å². The predicted molar refractivity (Wildman–Crippen MR) is 179 cm³/mol. The molecule has 4 heterocycles. The number of likely N-dealkylation sites (tertiary alicyclic amines) is 2. The molecule has 2 saturated carbocycles. The lowest BCUT2D eigenvalue weighted by atomic mass is 9.48. The molecule has 0 unspecified atom stereocenters. The first-order valence-electron chi connectivity index (χ1n) is 17.5. The van der Waals surface area contributed by atoms with Gasteiger partial charge in [-0.25, -0.2) is 0 Å². The van der Waals surface area contributed by atoms with E-state index < -0.39 is 34.2 Å². The van der Waals surface area contributed by atoms with Gasteiger partial charge in [-0.15, -0.1) is 13.2 Å². The second-order valence-corrected chi connectivity index (χ2v) is 15.4. The standard InChI is InChI=1S/C38H42N4O6/c1-3-15-41-17-13-35-29-21-5-7-25(43)31(29)47-33(35)23(9-11-37(35,45)27(41)19-21)39-40-24-10-12-38(46)28-20-22-6-8-26(44)32-30(22)36(38,34(24)48-32)14-18-42(28)16-4-2/h3-8,27-28,33-34,43-46H,1-2,9-20H2/b39-23+,40-24+/t27-,28-,33+,34+,35+,36+,37-,38-/m1/s1. The van der Waals surface area contributed by atoms with Crippen LogP contribution in [0.25, 0.3) is 0 Å². The Hall–Kier alpha value is -3.70. The molecule has 8 atom stereocenters. The Kier molecular flexibility index (Phi) is 5.79. The Bertz CT molecular complexity index is 1740. The van der Waals surface area contributed by atoms with Gasteiger partial charge in [0.15, 0.2) is 35.2 Å². The van der Waals surface area contributed by atoms with Crippen molar-refractivity contribution in [1.82, 2.24) is 9.80 Å². The van der Waals surface area contributed by atoms with E-state index in [0.717, 1.165) is 46.8 Å². The van der Waals surface area contributed by atoms with Crippen molar-refractivity contribution in [3.63, 3.8) is 0 Å². The Morgan fingerprint density at radius 3 is 1.56 bits per heavy atom. The molecule has 4 bridgehead atoms. The van der Waals surface area contributed by atoms with E-state index in [4.69, 9.17) is 19.7 Å². The average Bonchev–Trinajstić information content (AvgIpc) is 3.61. The molecule has 2 aromatic rings. The van der Waals surface area contributed by atoms with Crippen LogP contribution in [-0.4, -0.2) is 103 Å². The molecule has 10 rings (SSSR count). The van der Waals surface area contributed by atoms with Gasteiger partial charge in [0.05, 0.1) is 33.5 Å². The van der Waals surface area contributed by atoms with Gasteiger partial charge in [0.1, 0.15) is 0 Å². The molecular formula is C38H42N4O6. The first-order chi connectivity index (χ1) is 23.2. The van der Waals surface area contributed by atoms with Crippen molar-refractivity contribution in [2.24, 2.45) is 10.2 Å². The number of aromatic hydroxyl groups is 2. The molecule has 0 radical (unpaired) electrons. The first kappa shape index (κ1) is 29.2. The predicted octanol–water partition coefficient (Wildman–Crippen LogP) is 3.28. The fourth-order valence-electron chi connectivity index (χ4n) is 12.0. The highest BCUT2D eigenvalue weighted by Gasteiger charge is 2.74. The van der Waals surface area contributed by atoms with E-state index in [9.17, 15) is 20.4 Å². The summed E-state index contributed by atoms with van der Waals surface area (Å²) in [5.74, 6) is 1.11. The van der Waals surface area contributed by atoms with E-state index in [1.54, 1.807) is 12.1 Å². The lowest BCUT2D eigenvalue weighted by Crippen LogP contribution is -2.76. The van der Waals surface area contributed by atoms with Crippen LogP contribution in [-0.2, 0) is 23.7 Å². The number of benzene rings is 2. The maximum Gasteiger partial charge on any atom is 0.166 e. The monoisotopic (exact) mass is 650 g/mol. The van der Waals surface area contributed by atoms with Gasteiger partial charge in [0, 0.05) is 49.4 Å². The molecule has 0 amide bonds. The number of aliphatic hydroxyl groups is 2. The van der Waals surface area contributed by atoms with Crippen LogP contribution in [0.4, 0.5) is 0 Å². The lowest BCUT2D eigenvalue weighted by molar-refractivity contribution is -0.164. The zero-order valence-corrected chi connectivity index (χ0v) is 27.1. The number of hydrogen-bond donors (Lipinski definition) is 4. The molecule has 4 aliphatic heterocycles. The number of ether oxygens (including phenoxy) is 2. The third-order valence-electron chi connectivity index (χ3n) is 13.8. The van der Waals surface area contributed by atoms with Crippen molar-refractivity contribution in [1.29, 1.82) is 0 Å². The van der Waals surface area contributed by atoms with Gasteiger partial charge in [0.25, 0.3) is 0 Å². The van der Waals surface area contributed by atoms with Crippen molar-refractivity contribution in [3.05, 3.63) is 71.8 Å². The highest BCUT2D eigenvalue weighted by Crippen LogP contribution is 2.66. The fourth-order valence-corrected chi connectivity index (χ4v) is 12.0. The molecule has 8 aliphatic rings. The maximum atomic E-state index is 12.7. The van der Waals surface area contributed by atoms with Crippen LogP contribution in [0.1, 0.15) is 60.8 Å². The Labute approximate surface area is 279 Å². The summed E-state index contributed by atoms with van der Waals surface area (Å²) in [6.07, 6.45) is 7.42. The van der Waals surface area contributed by atoms with Gasteiger partial charge in [-0.05, 0) is 74.6 Å². The Morgan fingerprint density at radius 2 is 1.15 bits per heavy atom. The molecule has 2 saturated heterocycles. The second-order valence-electron chi connectivity index (χ2n) is 15.4. The van der Waals surface area contributed by atoms with Crippen molar-refractivity contribution in [2.45, 2.75) is 97.7 Å². The minimum absolute atomic E-state index is 0.0885. The van der Waals surface area contributed by atoms with Crippen LogP contribution in [0.3, 0.4) is 0 Å². The Balaban J connectivity index is 1.08. The third-order valence-corrected chi connectivity index (χ3v) is 13.8. The molecule has 10 heteroatoms. The van der Waals surface area contributed by atoms with Crippen molar-refractivity contribution >= 4 is 11.4 Å². The van der Waals surface area contributed by atoms with Crippen molar-refractivity contribution in [3.8, 4) is 23.0 Å². The normalized spacial score (nSPS) is 41.4. The van der Waals surface area contributed by atoms with E-state index in [1.807, 2.05) is 24.3 Å². The van der Waals surface area contributed by atoms with Gasteiger partial charge in [0.2, 0.25) is 0 Å². The summed E-state index contributed by atoms with van der Waals surface area (Å²) < 4.78 is 13.3. The summed E-state index contributed by atoms with van der Waals surface area (Å²) >= 11 is 0. The molecule has 250 valence electrons. The van der Waals surface area contributed by atoms with Gasteiger partial charge >= 0.3 is 0 Å². The second kappa shape index (κ2) is 9.50. The molecule has 2 aromatic carbocycles. The molecular weight excluding hydrogens is 608 g/mol. The van der Waals surface area contributed by atoms with Crippen LogP contribution in [0.15, 0.2) is 59.8 Å². The summed E-state index contributed by atoms with van der Waals surface area (Å²) in [5, 5.41) is 57.4. The largest absolute Gasteiger partial charge is 0.504 e. The minimum atomic E-state index is -1.06. The van der Waals surface area contributed by atoms with E-state index in [-0.39, 0.29) is 23.6 Å². The summed E-state index contributed by atoms with van der Waals surface area (Å²) in [4.78, 5) is 4.68. The molecule has 2 spiro atoms. The molecule has 4 fully saturated rings. The number of nitrogens with zero attached hydrogens (tertiary/aromatic N) is 4. The lowest BCUT2D eigenvalue weighted by Gasteiger charge is -2.63. The maximum absolute atomic E-state index is 12.7. The van der Waals surface area contributed by atoms with Crippen LogP contribution in [0.5, 0.6) is 23.0 Å². The summed E-state index contributed by atoms with van der Waals surface area (Å²) in [5.41, 5.74) is 1.99. The molecule has 0 aromatic heterocycles. The number of hydrogen-bond acceptors (Lipinski definition) is 10. The van der Waals surface area contributed by atoms with E-state index >= 15 is 0 Å². The van der Waals surface area contributed by atoms with Gasteiger partial charge < -0.3 is 29.9 Å². The van der Waals surface area contributed by atoms with Crippen molar-refractivity contribution < 1.29 is 29.9 Å². The number of phenolic OH excluding ortho intramolecular Hbond substituents is 2. The SMILES string of the molecule is C=CCN1CC[C@]23c4c5ccc(O)c4O[C@H]2/C(=N/N=C2\CC[C@@]4(O)[C@H]6Cc7ccc(O)c8c7[C@@]4(CCN6CC=C)[C@H]2O8)CC[C@@]3(O)[C@H]1C5. The van der Waals surface area contributed by atoms with Gasteiger partial charge in [-0.1, -0.05) is 24.3 Å². The average molecular weight is 651 g/mol. The van der Waals surface area contributed by atoms with Crippen LogP contribution < -0.4 is 9.47 Å². The molecule has 4 N–H and O–H groups in total. The highest BCUT2D eigenvalue weighted by molar-refractivity contribution is 5.97. The summed E-state index contributed by atoms with van der Waals surface area (Å²) in [6.45, 7) is 10.9. The highest BCUT2D eigenvalue weighted by atomic mass is 16.5. The van der Waals surface area contributed by atoms with E-state index in [0.29, 0.717) is 76.0 Å². The topological polar surface area (TPSA) is 131 Å². The van der Waals surface area contributed by atoms with Gasteiger partial charge in [-0.2, -0.15) is 10.2 Å². The number of piperidine rings is 2. The zero-order valence-electron chi connectivity index (χ0n) is 27.1. The van der Waals surface area contributed by atoms with Crippen LogP contribution in [0, 0.1) is 0 Å². The number of phenols is 2. The van der Waals surface area contributed by atoms with E-state index in [1.165, 1.54) is 0 Å². The van der Waals surface area contributed by atoms with Crippen molar-refractivity contribution in [2.75, 3.05) is 26.2 Å².